The number of aromatic hydroxyl groups is 1. The third-order valence-corrected chi connectivity index (χ3v) is 2.27. The zero-order valence-electron chi connectivity index (χ0n) is 5.86. The van der Waals surface area contributed by atoms with Crippen molar-refractivity contribution in [3.8, 4) is 5.75 Å². The van der Waals surface area contributed by atoms with E-state index in [9.17, 15) is 0 Å². The van der Waals surface area contributed by atoms with Crippen molar-refractivity contribution in [1.29, 1.82) is 0 Å². The van der Waals surface area contributed by atoms with Gasteiger partial charge in [-0.05, 0) is 12.5 Å². The van der Waals surface area contributed by atoms with Crippen molar-refractivity contribution >= 4 is 28.9 Å². The molecule has 0 unspecified atom stereocenters. The Bertz CT molecular complexity index is 273. The maximum atomic E-state index is 9.13. The monoisotopic (exact) mass is 191 g/mol. The molecular formula is C7H7Cl2NO. The molecule has 0 aliphatic carbocycles. The molecule has 60 valence electrons. The normalized spacial score (nSPS) is 10.1. The largest absolute Gasteiger partial charge is 0.506 e. The van der Waals surface area contributed by atoms with Gasteiger partial charge in [-0.25, -0.2) is 0 Å². The Morgan fingerprint density at radius 1 is 1.45 bits per heavy atom. The van der Waals surface area contributed by atoms with E-state index in [0.29, 0.717) is 16.3 Å². The van der Waals surface area contributed by atoms with Crippen LogP contribution in [0.5, 0.6) is 5.75 Å². The molecule has 3 N–H and O–H groups in total. The molecule has 0 aliphatic rings. The highest BCUT2D eigenvalue weighted by Crippen LogP contribution is 2.35. The van der Waals surface area contributed by atoms with Gasteiger partial charge in [0.1, 0.15) is 5.75 Å². The van der Waals surface area contributed by atoms with E-state index in [-0.39, 0.29) is 10.8 Å². The number of halogens is 2. The van der Waals surface area contributed by atoms with E-state index in [2.05, 4.69) is 0 Å². The number of hydrogen-bond acceptors (Lipinski definition) is 2. The van der Waals surface area contributed by atoms with E-state index in [0.717, 1.165) is 0 Å². The molecule has 4 heteroatoms. The van der Waals surface area contributed by atoms with Gasteiger partial charge < -0.3 is 10.8 Å². The van der Waals surface area contributed by atoms with Crippen molar-refractivity contribution in [2.45, 2.75) is 6.92 Å². The Kier molecular flexibility index (Phi) is 2.16. The Morgan fingerprint density at radius 3 is 2.55 bits per heavy atom. The van der Waals surface area contributed by atoms with Crippen LogP contribution in [0.1, 0.15) is 5.56 Å². The lowest BCUT2D eigenvalue weighted by Crippen LogP contribution is -1.91. The zero-order valence-corrected chi connectivity index (χ0v) is 7.37. The smallest absolute Gasteiger partial charge is 0.136 e. The molecule has 0 amide bonds. The molecule has 2 nitrogen and oxygen atoms in total. The second-order valence-electron chi connectivity index (χ2n) is 2.23. The highest BCUT2D eigenvalue weighted by atomic mass is 35.5. The van der Waals surface area contributed by atoms with Crippen LogP contribution in [0, 0.1) is 6.92 Å². The molecule has 0 bridgehead atoms. The Hall–Kier alpha value is -0.600. The Balaban J connectivity index is 3.46. The van der Waals surface area contributed by atoms with E-state index >= 15 is 0 Å². The Labute approximate surface area is 74.5 Å². The summed E-state index contributed by atoms with van der Waals surface area (Å²) in [5, 5.41) is 9.71. The summed E-state index contributed by atoms with van der Waals surface area (Å²) >= 11 is 11.3. The van der Waals surface area contributed by atoms with Gasteiger partial charge >= 0.3 is 0 Å². The van der Waals surface area contributed by atoms with Gasteiger partial charge in [0.25, 0.3) is 0 Å². The number of phenols is 1. The molecule has 0 heterocycles. The minimum Gasteiger partial charge on any atom is -0.506 e. The van der Waals surface area contributed by atoms with Gasteiger partial charge in [-0.15, -0.1) is 0 Å². The summed E-state index contributed by atoms with van der Waals surface area (Å²) in [5.74, 6) is -0.0385. The third kappa shape index (κ3) is 1.37. The average Bonchev–Trinajstić information content (AvgIpc) is 1.97. The fourth-order valence-electron chi connectivity index (χ4n) is 0.751. The fraction of sp³-hybridized carbons (Fsp3) is 0.143. The Morgan fingerprint density at radius 2 is 2.00 bits per heavy atom. The number of benzene rings is 1. The SMILES string of the molecule is Cc1c(N)c(Cl)cc(O)c1Cl. The summed E-state index contributed by atoms with van der Waals surface area (Å²) < 4.78 is 0. The molecular weight excluding hydrogens is 185 g/mol. The van der Waals surface area contributed by atoms with Gasteiger partial charge in [0.2, 0.25) is 0 Å². The molecule has 0 atom stereocenters. The minimum absolute atomic E-state index is 0.0385. The standard InChI is InChI=1S/C7H7Cl2NO/c1-3-6(9)5(11)2-4(8)7(3)10/h2,11H,10H2,1H3. The predicted molar refractivity (Wildman–Crippen MR) is 47.3 cm³/mol. The molecule has 0 saturated heterocycles. The summed E-state index contributed by atoms with van der Waals surface area (Å²) in [5.41, 5.74) is 6.54. The number of anilines is 1. The molecule has 1 aromatic carbocycles. The van der Waals surface area contributed by atoms with Crippen LogP contribution in [-0.2, 0) is 0 Å². The third-order valence-electron chi connectivity index (χ3n) is 1.48. The molecule has 0 fully saturated rings. The average molecular weight is 192 g/mol. The maximum absolute atomic E-state index is 9.13. The summed E-state index contributed by atoms with van der Waals surface area (Å²) in [6.45, 7) is 1.70. The number of hydrogen-bond donors (Lipinski definition) is 2. The quantitative estimate of drug-likeness (QED) is 0.490. The van der Waals surface area contributed by atoms with Gasteiger partial charge in [-0.1, -0.05) is 23.2 Å². The molecule has 1 aromatic rings. The summed E-state index contributed by atoms with van der Waals surface area (Å²) in [6, 6.07) is 1.33. The van der Waals surface area contributed by atoms with E-state index in [1.807, 2.05) is 0 Å². The first-order chi connectivity index (χ1) is 5.04. The number of rotatable bonds is 0. The van der Waals surface area contributed by atoms with Crippen LogP contribution >= 0.6 is 23.2 Å². The lowest BCUT2D eigenvalue weighted by molar-refractivity contribution is 0.475. The molecule has 0 aliphatic heterocycles. The van der Waals surface area contributed by atoms with Crippen LogP contribution in [-0.4, -0.2) is 5.11 Å². The fourth-order valence-corrected chi connectivity index (χ4v) is 1.15. The van der Waals surface area contributed by atoms with E-state index in [4.69, 9.17) is 34.0 Å². The van der Waals surface area contributed by atoms with Crippen molar-refractivity contribution in [2.75, 3.05) is 5.73 Å². The van der Waals surface area contributed by atoms with Gasteiger partial charge in [0, 0.05) is 6.07 Å². The van der Waals surface area contributed by atoms with Gasteiger partial charge in [-0.3, -0.25) is 0 Å². The van der Waals surface area contributed by atoms with Crippen LogP contribution in [0.3, 0.4) is 0 Å². The topological polar surface area (TPSA) is 46.2 Å². The summed E-state index contributed by atoms with van der Waals surface area (Å²) in [7, 11) is 0. The van der Waals surface area contributed by atoms with Crippen molar-refractivity contribution in [3.63, 3.8) is 0 Å². The van der Waals surface area contributed by atoms with Crippen LogP contribution < -0.4 is 5.73 Å². The second-order valence-corrected chi connectivity index (χ2v) is 3.02. The molecule has 0 radical (unpaired) electrons. The zero-order chi connectivity index (χ0) is 8.59. The van der Waals surface area contributed by atoms with Crippen molar-refractivity contribution in [3.05, 3.63) is 21.7 Å². The molecule has 0 spiro atoms. The van der Waals surface area contributed by atoms with Crippen molar-refractivity contribution in [1.82, 2.24) is 0 Å². The van der Waals surface area contributed by atoms with Crippen LogP contribution in [0.15, 0.2) is 6.07 Å². The highest BCUT2D eigenvalue weighted by Gasteiger charge is 2.08. The molecule has 0 saturated carbocycles. The number of nitrogen functional groups attached to an aromatic ring is 1. The molecule has 0 aromatic heterocycles. The molecule has 11 heavy (non-hydrogen) atoms. The van der Waals surface area contributed by atoms with Gasteiger partial charge in [-0.2, -0.15) is 0 Å². The maximum Gasteiger partial charge on any atom is 0.136 e. The van der Waals surface area contributed by atoms with Gasteiger partial charge in [0.05, 0.1) is 15.7 Å². The first-order valence-electron chi connectivity index (χ1n) is 2.97. The lowest BCUT2D eigenvalue weighted by Gasteiger charge is -2.05. The number of nitrogens with two attached hydrogens (primary N) is 1. The summed E-state index contributed by atoms with van der Waals surface area (Å²) in [4.78, 5) is 0. The lowest BCUT2D eigenvalue weighted by atomic mass is 10.2. The second kappa shape index (κ2) is 2.80. The predicted octanol–water partition coefficient (Wildman–Crippen LogP) is 2.59. The highest BCUT2D eigenvalue weighted by molar-refractivity contribution is 6.36. The van der Waals surface area contributed by atoms with Crippen molar-refractivity contribution in [2.24, 2.45) is 0 Å². The number of phenolic OH excluding ortho intramolecular Hbond substituents is 1. The van der Waals surface area contributed by atoms with E-state index in [1.165, 1.54) is 6.07 Å². The first-order valence-corrected chi connectivity index (χ1v) is 3.72. The van der Waals surface area contributed by atoms with Crippen LogP contribution in [0.25, 0.3) is 0 Å². The minimum atomic E-state index is -0.0385. The first kappa shape index (κ1) is 8.50. The van der Waals surface area contributed by atoms with Crippen LogP contribution in [0.2, 0.25) is 10.0 Å². The van der Waals surface area contributed by atoms with E-state index < -0.39 is 0 Å². The summed E-state index contributed by atoms with van der Waals surface area (Å²) in [6.07, 6.45) is 0. The van der Waals surface area contributed by atoms with Crippen molar-refractivity contribution < 1.29 is 5.11 Å². The molecule has 1 rings (SSSR count). The van der Waals surface area contributed by atoms with E-state index in [1.54, 1.807) is 6.92 Å². The van der Waals surface area contributed by atoms with Gasteiger partial charge in [0.15, 0.2) is 0 Å². The van der Waals surface area contributed by atoms with Crippen LogP contribution in [0.4, 0.5) is 5.69 Å².